The Balaban J connectivity index is 1.91. The summed E-state index contributed by atoms with van der Waals surface area (Å²) in [6.07, 6.45) is 4.50. The molecule has 0 radical (unpaired) electrons. The van der Waals surface area contributed by atoms with E-state index in [2.05, 4.69) is 10.3 Å². The van der Waals surface area contributed by atoms with Crippen molar-refractivity contribution < 1.29 is 26.2 Å². The third-order valence-electron chi connectivity index (χ3n) is 6.67. The monoisotopic (exact) mass is 607 g/mol. The van der Waals surface area contributed by atoms with Crippen molar-refractivity contribution in [3.63, 3.8) is 0 Å². The minimum Gasteiger partial charge on any atom is -0.355 e. The minimum atomic E-state index is -4.20. The number of aromatic nitrogens is 1. The molecule has 0 aliphatic carbocycles. The Labute approximate surface area is 241 Å². The number of amides is 1. The fourth-order valence-electron chi connectivity index (χ4n) is 4.44. The number of carbonyl (C=O) groups is 1. The van der Waals surface area contributed by atoms with E-state index < -0.39 is 37.8 Å². The first-order chi connectivity index (χ1) is 18.8. The predicted octanol–water partition coefficient (Wildman–Crippen LogP) is 4.81. The molecule has 0 unspecified atom stereocenters. The van der Waals surface area contributed by atoms with E-state index >= 15 is 0 Å². The maximum Gasteiger partial charge on any atom is 0.266 e. The molecule has 0 saturated heterocycles. The van der Waals surface area contributed by atoms with Gasteiger partial charge in [-0.3, -0.25) is 14.3 Å². The molecule has 3 aromatic rings. The van der Waals surface area contributed by atoms with Crippen molar-refractivity contribution in [3.8, 4) is 11.1 Å². The van der Waals surface area contributed by atoms with E-state index in [1.54, 1.807) is 32.2 Å². The number of pyridine rings is 1. The van der Waals surface area contributed by atoms with Crippen LogP contribution in [0.15, 0.2) is 65.8 Å². The Morgan fingerprint density at radius 3 is 2.55 bits per heavy atom. The van der Waals surface area contributed by atoms with Gasteiger partial charge in [-0.25, -0.2) is 8.42 Å². The second kappa shape index (κ2) is 13.7. The van der Waals surface area contributed by atoms with Crippen LogP contribution in [0, 0.1) is 6.92 Å². The van der Waals surface area contributed by atoms with Crippen LogP contribution >= 0.6 is 11.6 Å². The molecule has 40 heavy (non-hydrogen) atoms. The summed E-state index contributed by atoms with van der Waals surface area (Å²) < 4.78 is 60.0. The summed E-state index contributed by atoms with van der Waals surface area (Å²) in [5, 5.41) is 2.76. The zero-order chi connectivity index (χ0) is 29.5. The first-order valence-corrected chi connectivity index (χ1v) is 16.3. The quantitative estimate of drug-likeness (QED) is 0.266. The van der Waals surface area contributed by atoms with E-state index in [0.717, 1.165) is 28.7 Å². The van der Waals surface area contributed by atoms with E-state index in [1.807, 2.05) is 43.5 Å². The lowest BCUT2D eigenvalue weighted by Crippen LogP contribution is -2.36. The van der Waals surface area contributed by atoms with Crippen molar-refractivity contribution in [1.29, 1.82) is 0 Å². The highest BCUT2D eigenvalue weighted by molar-refractivity contribution is 7.89. The SMILES string of the molecule is CCc1cnccc1-c1cccc([C@H](C)N(CCCC(=O)NCCS(=O)(=O)O)S(=O)(=O)c2cccc(Cl)c2C)c1. The van der Waals surface area contributed by atoms with E-state index in [1.165, 1.54) is 10.4 Å². The maximum absolute atomic E-state index is 14.0. The van der Waals surface area contributed by atoms with Crippen LogP contribution < -0.4 is 5.32 Å². The van der Waals surface area contributed by atoms with E-state index in [9.17, 15) is 21.6 Å². The highest BCUT2D eigenvalue weighted by Crippen LogP contribution is 2.33. The fraction of sp³-hybridized carbons (Fsp3) is 0.357. The van der Waals surface area contributed by atoms with E-state index in [4.69, 9.17) is 16.2 Å². The molecule has 0 aliphatic heterocycles. The molecule has 1 heterocycles. The molecule has 216 valence electrons. The largest absolute Gasteiger partial charge is 0.355 e. The summed E-state index contributed by atoms with van der Waals surface area (Å²) in [6.45, 7) is 5.29. The van der Waals surface area contributed by atoms with Crippen LogP contribution in [0.25, 0.3) is 11.1 Å². The molecule has 2 N–H and O–H groups in total. The molecular formula is C28H34ClN3O6S2. The average Bonchev–Trinajstić information content (AvgIpc) is 2.91. The Hall–Kier alpha value is -2.83. The van der Waals surface area contributed by atoms with Crippen molar-refractivity contribution >= 4 is 37.6 Å². The van der Waals surface area contributed by atoms with Gasteiger partial charge in [-0.15, -0.1) is 0 Å². The topological polar surface area (TPSA) is 134 Å². The average molecular weight is 608 g/mol. The van der Waals surface area contributed by atoms with Gasteiger partial charge in [0, 0.05) is 43.0 Å². The van der Waals surface area contributed by atoms with Crippen molar-refractivity contribution in [2.75, 3.05) is 18.8 Å². The lowest BCUT2D eigenvalue weighted by atomic mass is 9.97. The highest BCUT2D eigenvalue weighted by Gasteiger charge is 2.31. The second-order valence-electron chi connectivity index (χ2n) is 9.41. The second-order valence-corrected chi connectivity index (χ2v) is 13.2. The predicted molar refractivity (Wildman–Crippen MR) is 156 cm³/mol. The number of halogens is 1. The molecule has 0 saturated carbocycles. The standard InChI is InChI=1S/C28H34ClN3O6S2/c1-4-22-19-30-14-13-25(22)24-9-5-8-23(18-24)21(3)32(16-7-12-28(33)31-15-17-39(34,35)36)40(37,38)27-11-6-10-26(29)20(27)2/h5-6,8-11,13-14,18-19,21H,4,7,12,15-17H2,1-3H3,(H,31,33)(H,34,35,36)/t21-/m0/s1. The van der Waals surface area contributed by atoms with Gasteiger partial charge in [0.15, 0.2) is 0 Å². The molecule has 1 aromatic heterocycles. The van der Waals surface area contributed by atoms with Crippen molar-refractivity contribution in [3.05, 3.63) is 82.6 Å². The molecule has 1 amide bonds. The third-order valence-corrected chi connectivity index (χ3v) is 9.91. The summed E-state index contributed by atoms with van der Waals surface area (Å²) in [5.74, 6) is -1.04. The Morgan fingerprint density at radius 1 is 1.12 bits per heavy atom. The van der Waals surface area contributed by atoms with Gasteiger partial charge in [0.2, 0.25) is 15.9 Å². The Bertz CT molecular complexity index is 1560. The van der Waals surface area contributed by atoms with Crippen molar-refractivity contribution in [2.45, 2.75) is 51.0 Å². The van der Waals surface area contributed by atoms with Crippen LogP contribution in [-0.4, -0.2) is 55.4 Å². The number of aryl methyl sites for hydroxylation is 1. The van der Waals surface area contributed by atoms with Gasteiger partial charge in [0.25, 0.3) is 10.1 Å². The molecule has 1 atom stereocenters. The summed E-state index contributed by atoms with van der Waals surface area (Å²) in [4.78, 5) is 16.6. The molecule has 0 spiro atoms. The van der Waals surface area contributed by atoms with E-state index in [0.29, 0.717) is 10.6 Å². The molecule has 3 rings (SSSR count). The first-order valence-electron chi connectivity index (χ1n) is 12.9. The van der Waals surface area contributed by atoms with Crippen LogP contribution in [0.1, 0.15) is 49.4 Å². The lowest BCUT2D eigenvalue weighted by Gasteiger charge is -2.30. The van der Waals surface area contributed by atoms with Gasteiger partial charge >= 0.3 is 0 Å². The molecule has 0 bridgehead atoms. The molecule has 0 aliphatic rings. The van der Waals surface area contributed by atoms with Gasteiger partial charge in [-0.05, 0) is 78.8 Å². The summed E-state index contributed by atoms with van der Waals surface area (Å²) in [7, 11) is -8.23. The van der Waals surface area contributed by atoms with E-state index in [-0.39, 0.29) is 30.8 Å². The van der Waals surface area contributed by atoms with Crippen LogP contribution in [0.5, 0.6) is 0 Å². The number of benzene rings is 2. The number of nitrogens with zero attached hydrogens (tertiary/aromatic N) is 2. The minimum absolute atomic E-state index is 0.0286. The number of hydrogen-bond acceptors (Lipinski definition) is 6. The highest BCUT2D eigenvalue weighted by atomic mass is 35.5. The number of hydrogen-bond donors (Lipinski definition) is 2. The van der Waals surface area contributed by atoms with Gasteiger partial charge in [-0.2, -0.15) is 12.7 Å². The summed E-state index contributed by atoms with van der Waals surface area (Å²) in [5.41, 5.74) is 4.25. The van der Waals surface area contributed by atoms with Crippen molar-refractivity contribution in [2.24, 2.45) is 0 Å². The van der Waals surface area contributed by atoms with Crippen LogP contribution in [0.3, 0.4) is 0 Å². The summed E-state index contributed by atoms with van der Waals surface area (Å²) in [6, 6.07) is 13.8. The number of sulfonamides is 1. The lowest BCUT2D eigenvalue weighted by molar-refractivity contribution is -0.121. The Kier molecular flexibility index (Phi) is 10.8. The molecule has 12 heteroatoms. The van der Waals surface area contributed by atoms with Crippen molar-refractivity contribution in [1.82, 2.24) is 14.6 Å². The number of nitrogens with one attached hydrogen (secondary N) is 1. The van der Waals surface area contributed by atoms with Crippen LogP contribution in [-0.2, 0) is 31.4 Å². The summed E-state index contributed by atoms with van der Waals surface area (Å²) >= 11 is 6.26. The molecule has 2 aromatic carbocycles. The number of carbonyl (C=O) groups excluding carboxylic acids is 1. The van der Waals surface area contributed by atoms with Crippen LogP contribution in [0.2, 0.25) is 5.02 Å². The first kappa shape index (κ1) is 31.7. The maximum atomic E-state index is 14.0. The van der Waals surface area contributed by atoms with Gasteiger partial charge in [0.1, 0.15) is 0 Å². The normalized spacial score (nSPS) is 12.8. The molecular weight excluding hydrogens is 574 g/mol. The molecule has 9 nitrogen and oxygen atoms in total. The van der Waals surface area contributed by atoms with Gasteiger partial charge in [-0.1, -0.05) is 42.8 Å². The fourth-order valence-corrected chi connectivity index (χ4v) is 6.94. The van der Waals surface area contributed by atoms with Crippen LogP contribution in [0.4, 0.5) is 0 Å². The Morgan fingerprint density at radius 2 is 1.85 bits per heavy atom. The smallest absolute Gasteiger partial charge is 0.266 e. The zero-order valence-electron chi connectivity index (χ0n) is 22.7. The number of rotatable bonds is 13. The molecule has 0 fully saturated rings. The van der Waals surface area contributed by atoms with Gasteiger partial charge < -0.3 is 5.32 Å². The zero-order valence-corrected chi connectivity index (χ0v) is 25.1. The third kappa shape index (κ3) is 8.11. The van der Waals surface area contributed by atoms with Gasteiger partial charge in [0.05, 0.1) is 10.6 Å².